The second-order valence-corrected chi connectivity index (χ2v) is 4.41. The molecular weight excluding hydrogens is 295 g/mol. The first-order chi connectivity index (χ1) is 6.68. The lowest BCUT2D eigenvalue weighted by atomic mass is 10.0. The molecule has 1 aliphatic rings. The minimum Gasteiger partial charge on any atom is -0.481 e. The molecule has 0 aromatic carbocycles. The molecule has 0 bridgehead atoms. The fourth-order valence-electron chi connectivity index (χ4n) is 1.42. The Balaban J connectivity index is 2.07. The SMILES string of the molecule is O=C(O)C1CN(c2ncccc2I)C1. The third-order valence-electron chi connectivity index (χ3n) is 2.27. The normalized spacial score (nSPS) is 16.5. The Kier molecular flexibility index (Phi) is 2.58. The number of anilines is 1. The fourth-order valence-corrected chi connectivity index (χ4v) is 2.11. The fraction of sp³-hybridized carbons (Fsp3) is 0.333. The lowest BCUT2D eigenvalue weighted by Gasteiger charge is -2.37. The number of carbonyl (C=O) groups is 1. The van der Waals surface area contributed by atoms with Gasteiger partial charge in [0.1, 0.15) is 5.82 Å². The van der Waals surface area contributed by atoms with Gasteiger partial charge < -0.3 is 10.0 Å². The van der Waals surface area contributed by atoms with Crippen molar-refractivity contribution in [3.63, 3.8) is 0 Å². The van der Waals surface area contributed by atoms with Gasteiger partial charge in [-0.3, -0.25) is 4.79 Å². The molecule has 0 saturated carbocycles. The van der Waals surface area contributed by atoms with Crippen molar-refractivity contribution >= 4 is 34.4 Å². The summed E-state index contributed by atoms with van der Waals surface area (Å²) in [6.45, 7) is 1.14. The topological polar surface area (TPSA) is 53.4 Å². The van der Waals surface area contributed by atoms with Crippen LogP contribution in [0.2, 0.25) is 0 Å². The number of pyridine rings is 1. The van der Waals surface area contributed by atoms with Crippen molar-refractivity contribution in [3.8, 4) is 0 Å². The molecule has 0 aliphatic carbocycles. The van der Waals surface area contributed by atoms with Crippen molar-refractivity contribution in [3.05, 3.63) is 21.9 Å². The van der Waals surface area contributed by atoms with Crippen molar-refractivity contribution in [1.82, 2.24) is 4.98 Å². The van der Waals surface area contributed by atoms with Crippen molar-refractivity contribution in [2.24, 2.45) is 5.92 Å². The van der Waals surface area contributed by atoms with E-state index in [2.05, 4.69) is 27.6 Å². The van der Waals surface area contributed by atoms with Crippen LogP contribution in [0.4, 0.5) is 5.82 Å². The average molecular weight is 304 g/mol. The van der Waals surface area contributed by atoms with Crippen LogP contribution in [0.5, 0.6) is 0 Å². The zero-order valence-corrected chi connectivity index (χ0v) is 9.51. The number of aromatic nitrogens is 1. The summed E-state index contributed by atoms with van der Waals surface area (Å²) in [4.78, 5) is 16.8. The Morgan fingerprint density at radius 3 is 2.93 bits per heavy atom. The Morgan fingerprint density at radius 2 is 2.36 bits per heavy atom. The molecule has 0 atom stereocenters. The first-order valence-corrected chi connectivity index (χ1v) is 5.34. The molecule has 2 rings (SSSR count). The van der Waals surface area contributed by atoms with Gasteiger partial charge in [0.25, 0.3) is 0 Å². The smallest absolute Gasteiger partial charge is 0.310 e. The van der Waals surface area contributed by atoms with E-state index in [1.807, 2.05) is 17.0 Å². The largest absolute Gasteiger partial charge is 0.481 e. The molecule has 0 radical (unpaired) electrons. The van der Waals surface area contributed by atoms with Gasteiger partial charge in [-0.15, -0.1) is 0 Å². The van der Waals surface area contributed by atoms with Gasteiger partial charge >= 0.3 is 5.97 Å². The van der Waals surface area contributed by atoms with E-state index >= 15 is 0 Å². The highest BCUT2D eigenvalue weighted by molar-refractivity contribution is 14.1. The Bertz CT molecular complexity index is 364. The maximum absolute atomic E-state index is 10.6. The molecule has 0 spiro atoms. The Hall–Kier alpha value is -0.850. The van der Waals surface area contributed by atoms with Gasteiger partial charge in [-0.25, -0.2) is 4.98 Å². The van der Waals surface area contributed by atoms with Crippen LogP contribution in [0.3, 0.4) is 0 Å². The zero-order chi connectivity index (χ0) is 10.1. The predicted molar refractivity (Wildman–Crippen MR) is 60.3 cm³/mol. The summed E-state index contributed by atoms with van der Waals surface area (Å²) in [5.74, 6) is -0.0504. The first kappa shape index (κ1) is 9.70. The van der Waals surface area contributed by atoms with Crippen molar-refractivity contribution in [1.29, 1.82) is 0 Å². The molecule has 1 N–H and O–H groups in total. The minimum absolute atomic E-state index is 0.229. The number of carboxylic acid groups (broad SMARTS) is 1. The van der Waals surface area contributed by atoms with Crippen LogP contribution < -0.4 is 4.90 Å². The van der Waals surface area contributed by atoms with Crippen LogP contribution in [0, 0.1) is 9.49 Å². The minimum atomic E-state index is -0.716. The molecule has 2 heterocycles. The van der Waals surface area contributed by atoms with Gasteiger partial charge in [0.2, 0.25) is 0 Å². The molecule has 14 heavy (non-hydrogen) atoms. The number of nitrogens with zero attached hydrogens (tertiary/aromatic N) is 2. The first-order valence-electron chi connectivity index (χ1n) is 4.27. The molecule has 1 fully saturated rings. The quantitative estimate of drug-likeness (QED) is 0.835. The molecule has 1 aromatic heterocycles. The van der Waals surface area contributed by atoms with Gasteiger partial charge in [0, 0.05) is 19.3 Å². The third-order valence-corrected chi connectivity index (χ3v) is 3.11. The summed E-state index contributed by atoms with van der Waals surface area (Å²) >= 11 is 2.21. The highest BCUT2D eigenvalue weighted by Crippen LogP contribution is 2.26. The maximum Gasteiger partial charge on any atom is 0.310 e. The lowest BCUT2D eigenvalue weighted by molar-refractivity contribution is -0.142. The summed E-state index contributed by atoms with van der Waals surface area (Å²) in [5, 5.41) is 8.72. The van der Waals surface area contributed by atoms with E-state index in [0.29, 0.717) is 13.1 Å². The zero-order valence-electron chi connectivity index (χ0n) is 7.35. The Labute approximate surface area is 95.1 Å². The molecule has 0 unspecified atom stereocenters. The van der Waals surface area contributed by atoms with E-state index in [4.69, 9.17) is 5.11 Å². The highest BCUT2D eigenvalue weighted by Gasteiger charge is 2.33. The van der Waals surface area contributed by atoms with Crippen molar-refractivity contribution in [2.45, 2.75) is 0 Å². The number of hydrogen-bond donors (Lipinski definition) is 1. The summed E-state index contributed by atoms with van der Waals surface area (Å²) < 4.78 is 1.06. The number of rotatable bonds is 2. The van der Waals surface area contributed by atoms with Gasteiger partial charge in [0.15, 0.2) is 0 Å². The second-order valence-electron chi connectivity index (χ2n) is 3.25. The summed E-state index contributed by atoms with van der Waals surface area (Å²) in [6.07, 6.45) is 1.73. The number of halogens is 1. The number of carboxylic acids is 1. The Morgan fingerprint density at radius 1 is 1.64 bits per heavy atom. The van der Waals surface area contributed by atoms with Crippen LogP contribution in [0.25, 0.3) is 0 Å². The van der Waals surface area contributed by atoms with Gasteiger partial charge in [-0.1, -0.05) is 0 Å². The number of aliphatic carboxylic acids is 1. The summed E-state index contributed by atoms with van der Waals surface area (Å²) in [5.41, 5.74) is 0. The third kappa shape index (κ3) is 1.68. The maximum atomic E-state index is 10.6. The molecule has 1 aromatic rings. The van der Waals surface area contributed by atoms with Crippen LogP contribution in [-0.4, -0.2) is 29.1 Å². The van der Waals surface area contributed by atoms with E-state index in [0.717, 1.165) is 9.39 Å². The summed E-state index contributed by atoms with van der Waals surface area (Å²) in [6, 6.07) is 3.84. The molecule has 1 aliphatic heterocycles. The molecule has 4 nitrogen and oxygen atoms in total. The van der Waals surface area contributed by atoms with Crippen molar-refractivity contribution < 1.29 is 9.90 Å². The molecule has 1 saturated heterocycles. The summed E-state index contributed by atoms with van der Waals surface area (Å²) in [7, 11) is 0. The standard InChI is InChI=1S/C9H9IN2O2/c10-7-2-1-3-11-8(7)12-4-6(5-12)9(13)14/h1-3,6H,4-5H2,(H,13,14). The van der Waals surface area contributed by atoms with Crippen LogP contribution in [0.15, 0.2) is 18.3 Å². The highest BCUT2D eigenvalue weighted by atomic mass is 127. The molecule has 0 amide bonds. The van der Waals surface area contributed by atoms with Gasteiger partial charge in [-0.2, -0.15) is 0 Å². The molecule has 5 heteroatoms. The molecular formula is C9H9IN2O2. The van der Waals surface area contributed by atoms with E-state index in [-0.39, 0.29) is 5.92 Å². The predicted octanol–water partition coefficient (Wildman–Crippen LogP) is 1.21. The van der Waals surface area contributed by atoms with Gasteiger partial charge in [0.05, 0.1) is 9.49 Å². The van der Waals surface area contributed by atoms with Crippen LogP contribution >= 0.6 is 22.6 Å². The monoisotopic (exact) mass is 304 g/mol. The van der Waals surface area contributed by atoms with Crippen molar-refractivity contribution in [2.75, 3.05) is 18.0 Å². The van der Waals surface area contributed by atoms with E-state index in [9.17, 15) is 4.79 Å². The average Bonchev–Trinajstić information content (AvgIpc) is 2.05. The lowest BCUT2D eigenvalue weighted by Crippen LogP contribution is -2.51. The van der Waals surface area contributed by atoms with E-state index in [1.165, 1.54) is 0 Å². The van der Waals surface area contributed by atoms with Gasteiger partial charge in [-0.05, 0) is 34.7 Å². The number of hydrogen-bond acceptors (Lipinski definition) is 3. The second kappa shape index (κ2) is 3.72. The van der Waals surface area contributed by atoms with E-state index < -0.39 is 5.97 Å². The molecule has 74 valence electrons. The van der Waals surface area contributed by atoms with E-state index in [1.54, 1.807) is 6.20 Å². The van der Waals surface area contributed by atoms with Crippen LogP contribution in [0.1, 0.15) is 0 Å². The van der Waals surface area contributed by atoms with Crippen LogP contribution in [-0.2, 0) is 4.79 Å².